The number of aliphatic hydroxyl groups excluding tert-OH is 1. The van der Waals surface area contributed by atoms with Gasteiger partial charge in [-0.1, -0.05) is 57.7 Å². The number of ether oxygens (including phenoxy) is 1. The molecule has 3 aromatic heterocycles. The molecule has 2 aromatic carbocycles. The van der Waals surface area contributed by atoms with Crippen molar-refractivity contribution in [2.75, 3.05) is 79.2 Å². The van der Waals surface area contributed by atoms with Gasteiger partial charge in [0, 0.05) is 102 Å². The van der Waals surface area contributed by atoms with Gasteiger partial charge >= 0.3 is 11.8 Å². The van der Waals surface area contributed by atoms with Gasteiger partial charge in [-0.2, -0.15) is 4.98 Å². The van der Waals surface area contributed by atoms with Crippen molar-refractivity contribution in [3.8, 4) is 11.3 Å². The molecular weight excluding hydrogens is 913 g/mol. The van der Waals surface area contributed by atoms with E-state index in [2.05, 4.69) is 96.5 Å². The lowest BCUT2D eigenvalue weighted by Crippen LogP contribution is -2.59. The summed E-state index contributed by atoms with van der Waals surface area (Å²) in [5, 5.41) is 21.4. The summed E-state index contributed by atoms with van der Waals surface area (Å²) < 4.78 is 11.1. The molecule has 0 radical (unpaired) electrons. The number of amides is 2. The summed E-state index contributed by atoms with van der Waals surface area (Å²) in [6.45, 7) is 24.1. The van der Waals surface area contributed by atoms with Crippen LogP contribution in [0.5, 0.6) is 0 Å². The molecule has 2 amide bonds. The van der Waals surface area contributed by atoms with E-state index >= 15 is 0 Å². The topological polar surface area (TPSA) is 181 Å². The van der Waals surface area contributed by atoms with Crippen LogP contribution in [0, 0.1) is 12.3 Å². The first-order valence-corrected chi connectivity index (χ1v) is 29.1. The van der Waals surface area contributed by atoms with E-state index in [1.54, 1.807) is 6.20 Å². The summed E-state index contributed by atoms with van der Waals surface area (Å²) in [4.78, 5) is 54.9. The van der Waals surface area contributed by atoms with Gasteiger partial charge in [0.05, 0.1) is 23.6 Å². The van der Waals surface area contributed by atoms with E-state index < -0.39 is 20.3 Å². The van der Waals surface area contributed by atoms with Crippen molar-refractivity contribution >= 4 is 48.7 Å². The highest BCUT2D eigenvalue weighted by atomic mass is 28.3. The summed E-state index contributed by atoms with van der Waals surface area (Å²) in [5.74, 6) is 1.09. The number of nitrogens with zero attached hydrogens (tertiary/aromatic N) is 10. The maximum absolute atomic E-state index is 12.9. The zero-order valence-electron chi connectivity index (χ0n) is 42.8. The molecule has 3 aliphatic heterocycles. The number of hydrogen-bond donors (Lipinski definition) is 3. The average Bonchev–Trinajstić information content (AvgIpc) is 3.86. The molecular formula is C53H72N12O5Si. The minimum Gasteiger partial charge on any atom is -0.371 e. The van der Waals surface area contributed by atoms with Gasteiger partial charge in [-0.15, -0.1) is 0 Å². The smallest absolute Gasteiger partial charge is 0.315 e. The molecule has 1 saturated carbocycles. The summed E-state index contributed by atoms with van der Waals surface area (Å²) in [6.07, 6.45) is 7.98. The van der Waals surface area contributed by atoms with Crippen LogP contribution < -0.4 is 25.3 Å². The van der Waals surface area contributed by atoms with E-state index in [1.165, 1.54) is 36.3 Å². The maximum atomic E-state index is 12.9. The fourth-order valence-corrected chi connectivity index (χ4v) is 11.1. The second-order valence-corrected chi connectivity index (χ2v) is 27.9. The standard InChI is InChI=1S/C53H72N12O5Si/c1-36-31-38(9-15-43(36)37(2)56-47(67)48-59-49(60-70-48)52(3,4)5)44-17-21-54-50(57-44)58-45-16-14-41(34-55-45)62-25-27-63(28-26-62)42-32-53(33-42)19-23-61(24-20-53)39-10-12-40(13-11-39)64-22-18-46(66)65(51(64)68)35-69-29-30-71(6,7)8/h9-17,21,31,34,37,42,51,68H,18-20,22-30,32-33,35H2,1-8H3,(H,56,67)(H,54,55,57,58)/t37-,51?/m1/s1. The second-order valence-electron chi connectivity index (χ2n) is 22.3. The first kappa shape index (κ1) is 50.0. The fourth-order valence-electron chi connectivity index (χ4n) is 10.4. The first-order chi connectivity index (χ1) is 33.9. The summed E-state index contributed by atoms with van der Waals surface area (Å²) in [5.41, 5.74) is 7.06. The lowest BCUT2D eigenvalue weighted by Gasteiger charge is -2.56. The quantitative estimate of drug-likeness (QED) is 0.0679. The van der Waals surface area contributed by atoms with Crippen molar-refractivity contribution in [2.45, 2.75) is 116 Å². The Labute approximate surface area is 419 Å². The molecule has 4 fully saturated rings. The van der Waals surface area contributed by atoms with Gasteiger partial charge in [-0.25, -0.2) is 15.0 Å². The number of benzene rings is 2. The fraction of sp³-hybridized carbons (Fsp3) is 0.528. The van der Waals surface area contributed by atoms with Crippen molar-refractivity contribution < 1.29 is 24.0 Å². The predicted molar refractivity (Wildman–Crippen MR) is 280 cm³/mol. The third kappa shape index (κ3) is 11.7. The number of piperazine rings is 1. The van der Waals surface area contributed by atoms with Gasteiger partial charge in [-0.05, 0) is 111 Å². The molecule has 1 aliphatic carbocycles. The molecule has 5 aromatic rings. The minimum absolute atomic E-state index is 0.0487. The number of anilines is 5. The van der Waals surface area contributed by atoms with Crippen LogP contribution in [0.4, 0.5) is 28.8 Å². The SMILES string of the molecule is Cc1cc(-c2ccnc(Nc3ccc(N4CCN(C5CC6(CCN(c7ccc(N8CCC(=O)N(COCC[Si](C)(C)C)C8O)cc7)CC6)C5)CC4)cn3)n2)ccc1[C@@H](C)NC(=O)c1nc(C(C)(C)C)no1. The number of aromatic nitrogens is 5. The van der Waals surface area contributed by atoms with Gasteiger partial charge in [0.1, 0.15) is 12.5 Å². The maximum Gasteiger partial charge on any atom is 0.315 e. The van der Waals surface area contributed by atoms with Crippen LogP contribution in [0.1, 0.15) is 93.5 Å². The van der Waals surface area contributed by atoms with Gasteiger partial charge in [0.25, 0.3) is 0 Å². The molecule has 378 valence electrons. The number of piperidine rings is 1. The zero-order valence-corrected chi connectivity index (χ0v) is 43.8. The molecule has 0 bridgehead atoms. The van der Waals surface area contributed by atoms with Gasteiger partial charge in [-0.3, -0.25) is 19.4 Å². The van der Waals surface area contributed by atoms with E-state index in [9.17, 15) is 14.7 Å². The summed E-state index contributed by atoms with van der Waals surface area (Å²) in [6, 6.07) is 22.0. The lowest BCUT2D eigenvalue weighted by molar-refractivity contribution is -0.155. The molecule has 3 N–H and O–H groups in total. The number of pyridine rings is 1. The molecule has 4 aliphatic rings. The number of carbonyl (C=O) groups excluding carboxylic acids is 2. The van der Waals surface area contributed by atoms with Gasteiger partial charge < -0.3 is 39.7 Å². The van der Waals surface area contributed by atoms with Crippen LogP contribution in [-0.4, -0.2) is 131 Å². The van der Waals surface area contributed by atoms with Crippen LogP contribution in [-0.2, 0) is 14.9 Å². The largest absolute Gasteiger partial charge is 0.371 e. The average molecular weight is 985 g/mol. The monoisotopic (exact) mass is 985 g/mol. The lowest BCUT2D eigenvalue weighted by atomic mass is 9.60. The molecule has 1 unspecified atom stereocenters. The highest BCUT2D eigenvalue weighted by Crippen LogP contribution is 2.51. The number of rotatable bonds is 15. The first-order valence-electron chi connectivity index (χ1n) is 25.4. The van der Waals surface area contributed by atoms with E-state index in [4.69, 9.17) is 19.2 Å². The van der Waals surface area contributed by atoms with Crippen molar-refractivity contribution in [1.29, 1.82) is 0 Å². The van der Waals surface area contributed by atoms with Gasteiger partial charge in [0.2, 0.25) is 18.2 Å². The van der Waals surface area contributed by atoms with Crippen molar-refractivity contribution in [1.82, 2.24) is 40.2 Å². The third-order valence-electron chi connectivity index (χ3n) is 14.9. The van der Waals surface area contributed by atoms with Gasteiger partial charge in [0.15, 0.2) is 5.82 Å². The van der Waals surface area contributed by atoms with Crippen LogP contribution >= 0.6 is 0 Å². The van der Waals surface area contributed by atoms with E-state index in [0.29, 0.717) is 48.6 Å². The number of aryl methyl sites for hydroxylation is 1. The summed E-state index contributed by atoms with van der Waals surface area (Å²) >= 11 is 0. The Morgan fingerprint density at radius 2 is 1.61 bits per heavy atom. The van der Waals surface area contributed by atoms with E-state index in [-0.39, 0.29) is 30.0 Å². The molecule has 6 heterocycles. The molecule has 17 nitrogen and oxygen atoms in total. The Balaban J connectivity index is 0.702. The van der Waals surface area contributed by atoms with E-state index in [0.717, 1.165) is 79.1 Å². The summed E-state index contributed by atoms with van der Waals surface area (Å²) in [7, 11) is -1.24. The minimum atomic E-state index is -1.24. The van der Waals surface area contributed by atoms with Crippen LogP contribution in [0.3, 0.4) is 0 Å². The Hall–Kier alpha value is -5.95. The Morgan fingerprint density at radius 3 is 2.27 bits per heavy atom. The van der Waals surface area contributed by atoms with Crippen LogP contribution in [0.25, 0.3) is 11.3 Å². The molecule has 18 heteroatoms. The highest BCUT2D eigenvalue weighted by molar-refractivity contribution is 6.76. The van der Waals surface area contributed by atoms with Crippen LogP contribution in [0.2, 0.25) is 25.7 Å². The highest BCUT2D eigenvalue weighted by Gasteiger charge is 2.48. The normalized spacial score (nSPS) is 19.5. The number of nitrogens with one attached hydrogen (secondary N) is 2. The van der Waals surface area contributed by atoms with E-state index in [1.807, 2.05) is 70.0 Å². The molecule has 71 heavy (non-hydrogen) atoms. The van der Waals surface area contributed by atoms with Crippen molar-refractivity contribution in [2.24, 2.45) is 5.41 Å². The number of hydrogen-bond acceptors (Lipinski definition) is 15. The Morgan fingerprint density at radius 1 is 0.901 bits per heavy atom. The predicted octanol–water partition coefficient (Wildman–Crippen LogP) is 7.96. The number of carbonyl (C=O) groups is 2. The Bertz CT molecular complexity index is 2630. The van der Waals surface area contributed by atoms with Crippen LogP contribution in [0.15, 0.2) is 77.6 Å². The molecule has 2 atom stereocenters. The number of aliphatic hydroxyl groups is 1. The van der Waals surface area contributed by atoms with Crippen molar-refractivity contribution in [3.63, 3.8) is 0 Å². The Kier molecular flexibility index (Phi) is 14.5. The molecule has 9 rings (SSSR count). The molecule has 3 saturated heterocycles. The third-order valence-corrected chi connectivity index (χ3v) is 16.6. The second kappa shape index (κ2) is 20.6. The zero-order chi connectivity index (χ0) is 50.1. The molecule has 1 spiro atoms. The van der Waals surface area contributed by atoms with Crippen molar-refractivity contribution in [3.05, 3.63) is 95.9 Å².